The molecule has 25 heavy (non-hydrogen) atoms. The number of aromatic nitrogens is 2. The largest absolute Gasteiger partial charge is 0.316 e. The smallest absolute Gasteiger partial charge is 0.0985 e. The lowest BCUT2D eigenvalue weighted by Crippen LogP contribution is -2.29. The Morgan fingerprint density at radius 3 is 3.08 bits per heavy atom. The lowest BCUT2D eigenvalue weighted by atomic mass is 9.83. The molecule has 5 rings (SSSR count). The van der Waals surface area contributed by atoms with Crippen molar-refractivity contribution in [1.29, 1.82) is 0 Å². The molecule has 5 nitrogen and oxygen atoms in total. The lowest BCUT2D eigenvalue weighted by Gasteiger charge is -2.22. The highest BCUT2D eigenvalue weighted by Crippen LogP contribution is 2.38. The molecule has 0 saturated carbocycles. The molecular weight excluding hydrogens is 330 g/mol. The van der Waals surface area contributed by atoms with Crippen molar-refractivity contribution in [2.75, 3.05) is 32.7 Å². The molecule has 0 aromatic carbocycles. The zero-order chi connectivity index (χ0) is 16.9. The van der Waals surface area contributed by atoms with Crippen LogP contribution in [0.15, 0.2) is 18.5 Å². The maximum atomic E-state index is 4.71. The Morgan fingerprint density at radius 1 is 1.32 bits per heavy atom. The summed E-state index contributed by atoms with van der Waals surface area (Å²) in [5, 5.41) is 6.97. The van der Waals surface area contributed by atoms with Gasteiger partial charge in [0.15, 0.2) is 0 Å². The first-order valence-corrected chi connectivity index (χ1v) is 10.1. The van der Waals surface area contributed by atoms with E-state index in [-0.39, 0.29) is 0 Å². The molecule has 132 valence electrons. The van der Waals surface area contributed by atoms with E-state index in [2.05, 4.69) is 28.5 Å². The van der Waals surface area contributed by atoms with Gasteiger partial charge in [0, 0.05) is 44.1 Å². The average Bonchev–Trinajstić information content (AvgIpc) is 3.26. The van der Waals surface area contributed by atoms with Gasteiger partial charge in [-0.3, -0.25) is 14.9 Å². The first-order valence-electron chi connectivity index (χ1n) is 9.26. The summed E-state index contributed by atoms with van der Waals surface area (Å²) >= 11 is 1.88. The van der Waals surface area contributed by atoms with Crippen molar-refractivity contribution in [3.8, 4) is 10.6 Å². The Labute approximate surface area is 152 Å². The fraction of sp³-hybridized carbons (Fsp3) is 0.579. The predicted octanol–water partition coefficient (Wildman–Crippen LogP) is 1.89. The van der Waals surface area contributed by atoms with Crippen LogP contribution in [0.2, 0.25) is 0 Å². The molecule has 0 spiro atoms. The topological polar surface area (TPSA) is 53.1 Å². The van der Waals surface area contributed by atoms with E-state index in [0.29, 0.717) is 5.41 Å². The molecule has 2 aromatic rings. The fourth-order valence-corrected chi connectivity index (χ4v) is 5.71. The summed E-state index contributed by atoms with van der Waals surface area (Å²) in [6.45, 7) is 10.1. The van der Waals surface area contributed by atoms with Crippen molar-refractivity contribution in [3.63, 3.8) is 0 Å². The fourth-order valence-electron chi connectivity index (χ4n) is 4.57. The average molecular weight is 356 g/mol. The van der Waals surface area contributed by atoms with Gasteiger partial charge in [0.25, 0.3) is 0 Å². The Kier molecular flexibility index (Phi) is 3.89. The molecular formula is C19H25N5S. The van der Waals surface area contributed by atoms with Crippen molar-refractivity contribution >= 4 is 11.3 Å². The van der Waals surface area contributed by atoms with Crippen LogP contribution in [0.1, 0.15) is 23.1 Å². The SMILES string of the molecule is C[C@]12CNC[C@H]1CN(Cc1cnc(-c3cc4c(s3)CCNC4)cn1)C2. The normalized spacial score (nSPS) is 28.9. The van der Waals surface area contributed by atoms with E-state index in [9.17, 15) is 0 Å². The minimum Gasteiger partial charge on any atom is -0.316 e. The minimum atomic E-state index is 0.442. The highest BCUT2D eigenvalue weighted by atomic mass is 32.1. The molecule has 0 unspecified atom stereocenters. The minimum absolute atomic E-state index is 0.442. The van der Waals surface area contributed by atoms with E-state index >= 15 is 0 Å². The van der Waals surface area contributed by atoms with Crippen LogP contribution in [-0.4, -0.2) is 47.6 Å². The van der Waals surface area contributed by atoms with Gasteiger partial charge in [0.2, 0.25) is 0 Å². The molecule has 2 aromatic heterocycles. The number of likely N-dealkylation sites (tertiary alicyclic amines) is 1. The van der Waals surface area contributed by atoms with Crippen LogP contribution < -0.4 is 10.6 Å². The zero-order valence-corrected chi connectivity index (χ0v) is 15.5. The van der Waals surface area contributed by atoms with Gasteiger partial charge < -0.3 is 10.6 Å². The predicted molar refractivity (Wildman–Crippen MR) is 100 cm³/mol. The van der Waals surface area contributed by atoms with Crippen molar-refractivity contribution in [2.24, 2.45) is 11.3 Å². The number of thiophene rings is 1. The quantitative estimate of drug-likeness (QED) is 0.881. The summed E-state index contributed by atoms with van der Waals surface area (Å²) in [7, 11) is 0. The summed E-state index contributed by atoms with van der Waals surface area (Å²) in [5.74, 6) is 0.783. The third kappa shape index (κ3) is 2.91. The number of fused-ring (bicyclic) bond motifs is 2. The van der Waals surface area contributed by atoms with Gasteiger partial charge in [-0.1, -0.05) is 6.92 Å². The van der Waals surface area contributed by atoms with Gasteiger partial charge in [-0.15, -0.1) is 11.3 Å². The maximum Gasteiger partial charge on any atom is 0.0985 e. The summed E-state index contributed by atoms with van der Waals surface area (Å²) < 4.78 is 0. The Balaban J connectivity index is 1.28. The molecule has 2 N–H and O–H groups in total. The van der Waals surface area contributed by atoms with Gasteiger partial charge in [-0.2, -0.15) is 0 Å². The number of hydrogen-bond donors (Lipinski definition) is 2. The molecule has 0 bridgehead atoms. The van der Waals surface area contributed by atoms with Gasteiger partial charge in [0.05, 0.1) is 28.7 Å². The van der Waals surface area contributed by atoms with Gasteiger partial charge in [0.1, 0.15) is 0 Å². The van der Waals surface area contributed by atoms with Crippen LogP contribution in [0, 0.1) is 11.3 Å². The van der Waals surface area contributed by atoms with E-state index in [4.69, 9.17) is 9.97 Å². The molecule has 0 amide bonds. The molecule has 0 radical (unpaired) electrons. The van der Waals surface area contributed by atoms with Crippen LogP contribution in [0.25, 0.3) is 10.6 Å². The van der Waals surface area contributed by atoms with Gasteiger partial charge >= 0.3 is 0 Å². The molecule has 0 aliphatic carbocycles. The highest BCUT2D eigenvalue weighted by molar-refractivity contribution is 7.15. The number of hydrogen-bond acceptors (Lipinski definition) is 6. The lowest BCUT2D eigenvalue weighted by molar-refractivity contribution is 0.270. The number of rotatable bonds is 3. The molecule has 6 heteroatoms. The monoisotopic (exact) mass is 355 g/mol. The standard InChI is InChI=1S/C19H25N5S/c1-19-11-21-6-14(19)9-24(12-19)10-15-7-23-16(8-22-15)18-4-13-5-20-3-2-17(13)25-18/h4,7-8,14,20-21H,2-3,5-6,9-12H2,1H3/t14-,19+/m0/s1. The zero-order valence-electron chi connectivity index (χ0n) is 14.7. The Morgan fingerprint density at radius 2 is 2.28 bits per heavy atom. The summed E-state index contributed by atoms with van der Waals surface area (Å²) in [6.07, 6.45) is 5.07. The molecule has 3 aliphatic rings. The highest BCUT2D eigenvalue weighted by Gasteiger charge is 2.45. The van der Waals surface area contributed by atoms with Gasteiger partial charge in [-0.25, -0.2) is 0 Å². The second kappa shape index (κ2) is 6.13. The van der Waals surface area contributed by atoms with Crippen molar-refractivity contribution in [2.45, 2.75) is 26.4 Å². The van der Waals surface area contributed by atoms with E-state index in [0.717, 1.165) is 56.5 Å². The Bertz CT molecular complexity index is 747. The third-order valence-corrected chi connectivity index (χ3v) is 7.31. The van der Waals surface area contributed by atoms with E-state index < -0.39 is 0 Å². The summed E-state index contributed by atoms with van der Waals surface area (Å²) in [5.41, 5.74) is 3.97. The number of nitrogens with zero attached hydrogens (tertiary/aromatic N) is 3. The maximum absolute atomic E-state index is 4.71. The summed E-state index contributed by atoms with van der Waals surface area (Å²) in [4.78, 5) is 14.7. The van der Waals surface area contributed by atoms with Crippen LogP contribution in [-0.2, 0) is 19.5 Å². The first kappa shape index (κ1) is 15.9. The van der Waals surface area contributed by atoms with Crippen LogP contribution >= 0.6 is 11.3 Å². The molecule has 2 fully saturated rings. The molecule has 2 saturated heterocycles. The molecule has 2 atom stereocenters. The second-order valence-electron chi connectivity index (χ2n) is 8.03. The van der Waals surface area contributed by atoms with Crippen LogP contribution in [0.3, 0.4) is 0 Å². The second-order valence-corrected chi connectivity index (χ2v) is 9.17. The van der Waals surface area contributed by atoms with Crippen molar-refractivity contribution in [3.05, 3.63) is 34.6 Å². The summed E-state index contributed by atoms with van der Waals surface area (Å²) in [6, 6.07) is 2.28. The van der Waals surface area contributed by atoms with Crippen molar-refractivity contribution < 1.29 is 0 Å². The molecule has 5 heterocycles. The molecule has 3 aliphatic heterocycles. The third-order valence-electron chi connectivity index (χ3n) is 6.05. The number of nitrogens with one attached hydrogen (secondary N) is 2. The van der Waals surface area contributed by atoms with Crippen LogP contribution in [0.4, 0.5) is 0 Å². The van der Waals surface area contributed by atoms with Gasteiger partial charge in [-0.05, 0) is 35.9 Å². The van der Waals surface area contributed by atoms with Crippen molar-refractivity contribution in [1.82, 2.24) is 25.5 Å². The van der Waals surface area contributed by atoms with E-state index in [1.165, 1.54) is 28.4 Å². The van der Waals surface area contributed by atoms with Crippen LogP contribution in [0.5, 0.6) is 0 Å². The first-order chi connectivity index (χ1) is 12.2. The van der Waals surface area contributed by atoms with E-state index in [1.54, 1.807) is 0 Å². The van der Waals surface area contributed by atoms with E-state index in [1.807, 2.05) is 23.7 Å². The Hall–Kier alpha value is -1.34.